The summed E-state index contributed by atoms with van der Waals surface area (Å²) in [7, 11) is 1.95. The zero-order valence-corrected chi connectivity index (χ0v) is 11.7. The number of anilines is 1. The highest BCUT2D eigenvalue weighted by Crippen LogP contribution is 2.24. The Labute approximate surface area is 113 Å². The molecule has 1 heterocycles. The largest absolute Gasteiger partial charge is 0.362 e. The first-order valence-electron chi connectivity index (χ1n) is 6.12. The van der Waals surface area contributed by atoms with Crippen LogP contribution >= 0.6 is 11.6 Å². The summed E-state index contributed by atoms with van der Waals surface area (Å²) in [5.74, 6) is 0.904. The maximum Gasteiger partial charge on any atom is 0.148 e. The van der Waals surface area contributed by atoms with E-state index in [0.29, 0.717) is 0 Å². The lowest BCUT2D eigenvalue weighted by molar-refractivity contribution is 0.715. The van der Waals surface area contributed by atoms with Crippen LogP contribution in [0, 0.1) is 6.92 Å². The molecule has 1 aromatic heterocycles. The van der Waals surface area contributed by atoms with Gasteiger partial charge in [0, 0.05) is 23.8 Å². The quantitative estimate of drug-likeness (QED) is 0.905. The normalized spacial score (nSPS) is 12.4. The number of nitrogens with one attached hydrogen (secondary N) is 1. The number of halogens is 1. The second kappa shape index (κ2) is 5.44. The summed E-state index contributed by atoms with van der Waals surface area (Å²) in [4.78, 5) is 0. The lowest BCUT2D eigenvalue weighted by Crippen LogP contribution is -2.10. The van der Waals surface area contributed by atoms with Crippen LogP contribution in [0.25, 0.3) is 0 Å². The van der Waals surface area contributed by atoms with Crippen molar-refractivity contribution in [3.8, 4) is 0 Å². The molecule has 1 N–H and O–H groups in total. The number of aromatic nitrogens is 2. The number of nitrogens with zero attached hydrogens (tertiary/aromatic N) is 2. The van der Waals surface area contributed by atoms with Gasteiger partial charge in [0.2, 0.25) is 0 Å². The minimum absolute atomic E-state index is 0.234. The van der Waals surface area contributed by atoms with Crippen molar-refractivity contribution in [1.29, 1.82) is 0 Å². The van der Waals surface area contributed by atoms with Crippen LogP contribution < -0.4 is 5.32 Å². The van der Waals surface area contributed by atoms with Gasteiger partial charge in [0.1, 0.15) is 5.82 Å². The Balaban J connectivity index is 2.19. The molecular weight excluding hydrogens is 246 g/mol. The summed E-state index contributed by atoms with van der Waals surface area (Å²) in [6.45, 7) is 4.19. The van der Waals surface area contributed by atoms with Crippen LogP contribution in [0.5, 0.6) is 0 Å². The van der Waals surface area contributed by atoms with E-state index in [1.54, 1.807) is 0 Å². The minimum Gasteiger partial charge on any atom is -0.362 e. The van der Waals surface area contributed by atoms with Gasteiger partial charge in [0.05, 0.1) is 6.04 Å². The highest BCUT2D eigenvalue weighted by molar-refractivity contribution is 6.30. The number of hydrogen-bond donors (Lipinski definition) is 1. The van der Waals surface area contributed by atoms with E-state index < -0.39 is 0 Å². The molecule has 0 saturated heterocycles. The fraction of sp³-hybridized carbons (Fsp3) is 0.357. The Morgan fingerprint density at radius 3 is 2.72 bits per heavy atom. The average Bonchev–Trinajstić information content (AvgIpc) is 2.65. The van der Waals surface area contributed by atoms with Crippen LogP contribution in [-0.4, -0.2) is 9.78 Å². The van der Waals surface area contributed by atoms with E-state index in [4.69, 9.17) is 11.6 Å². The Kier molecular flexibility index (Phi) is 3.92. The van der Waals surface area contributed by atoms with Gasteiger partial charge in [-0.15, -0.1) is 0 Å². The summed E-state index contributed by atoms with van der Waals surface area (Å²) >= 11 is 6.03. The standard InChI is InChI=1S/C14H18ClN3/c1-4-13(11-6-5-7-12(15)9-11)16-14-8-10(2)18(3)17-14/h5-9,13H,4H2,1-3H3,(H,16,17). The lowest BCUT2D eigenvalue weighted by atomic mass is 10.0. The molecule has 1 atom stereocenters. The molecule has 0 aliphatic rings. The van der Waals surface area contributed by atoms with Crippen LogP contribution in [0.15, 0.2) is 30.3 Å². The summed E-state index contributed by atoms with van der Waals surface area (Å²) in [5.41, 5.74) is 2.33. The summed E-state index contributed by atoms with van der Waals surface area (Å²) in [6.07, 6.45) is 0.982. The molecule has 0 amide bonds. The van der Waals surface area contributed by atoms with E-state index in [9.17, 15) is 0 Å². The third kappa shape index (κ3) is 2.85. The molecule has 1 unspecified atom stereocenters. The van der Waals surface area contributed by atoms with E-state index >= 15 is 0 Å². The molecule has 2 aromatic rings. The van der Waals surface area contributed by atoms with Crippen molar-refractivity contribution in [2.45, 2.75) is 26.3 Å². The molecule has 18 heavy (non-hydrogen) atoms. The van der Waals surface area contributed by atoms with Crippen LogP contribution in [-0.2, 0) is 7.05 Å². The first kappa shape index (κ1) is 13.0. The third-order valence-corrected chi connectivity index (χ3v) is 3.33. The topological polar surface area (TPSA) is 29.9 Å². The van der Waals surface area contributed by atoms with Gasteiger partial charge in [0.15, 0.2) is 0 Å². The predicted molar refractivity (Wildman–Crippen MR) is 76.1 cm³/mol. The number of rotatable bonds is 4. The van der Waals surface area contributed by atoms with Gasteiger partial charge in [-0.2, -0.15) is 5.10 Å². The molecule has 0 fully saturated rings. The summed E-state index contributed by atoms with van der Waals surface area (Å²) < 4.78 is 1.87. The average molecular weight is 264 g/mol. The van der Waals surface area contributed by atoms with Crippen LogP contribution in [0.2, 0.25) is 5.02 Å². The van der Waals surface area contributed by atoms with Gasteiger partial charge >= 0.3 is 0 Å². The van der Waals surface area contributed by atoms with E-state index in [0.717, 1.165) is 23.0 Å². The van der Waals surface area contributed by atoms with Gasteiger partial charge in [-0.3, -0.25) is 4.68 Å². The van der Waals surface area contributed by atoms with Gasteiger partial charge < -0.3 is 5.32 Å². The van der Waals surface area contributed by atoms with Crippen molar-refractivity contribution in [3.63, 3.8) is 0 Å². The molecule has 0 radical (unpaired) electrons. The Bertz CT molecular complexity index is 514. The van der Waals surface area contributed by atoms with Gasteiger partial charge in [0.25, 0.3) is 0 Å². The van der Waals surface area contributed by atoms with Crippen molar-refractivity contribution >= 4 is 17.4 Å². The lowest BCUT2D eigenvalue weighted by Gasteiger charge is -2.17. The molecule has 3 nitrogen and oxygen atoms in total. The number of benzene rings is 1. The number of aryl methyl sites for hydroxylation is 2. The Hall–Kier alpha value is -1.48. The minimum atomic E-state index is 0.234. The van der Waals surface area contributed by atoms with Crippen molar-refractivity contribution in [2.75, 3.05) is 5.32 Å². The summed E-state index contributed by atoms with van der Waals surface area (Å²) in [5, 5.41) is 8.63. The second-order valence-electron chi connectivity index (χ2n) is 4.45. The van der Waals surface area contributed by atoms with E-state index in [-0.39, 0.29) is 6.04 Å². The maximum atomic E-state index is 6.03. The molecule has 0 aliphatic heterocycles. The first-order valence-corrected chi connectivity index (χ1v) is 6.50. The first-order chi connectivity index (χ1) is 8.60. The number of hydrogen-bond acceptors (Lipinski definition) is 2. The molecule has 0 bridgehead atoms. The zero-order valence-electron chi connectivity index (χ0n) is 10.9. The van der Waals surface area contributed by atoms with Crippen molar-refractivity contribution in [2.24, 2.45) is 7.05 Å². The molecule has 0 aliphatic carbocycles. The van der Waals surface area contributed by atoms with E-state index in [1.165, 1.54) is 5.56 Å². The van der Waals surface area contributed by atoms with Crippen molar-refractivity contribution < 1.29 is 0 Å². The molecular formula is C14H18ClN3. The highest BCUT2D eigenvalue weighted by Gasteiger charge is 2.11. The maximum absolute atomic E-state index is 6.03. The highest BCUT2D eigenvalue weighted by atomic mass is 35.5. The fourth-order valence-corrected chi connectivity index (χ4v) is 2.15. The monoisotopic (exact) mass is 263 g/mol. The van der Waals surface area contributed by atoms with Crippen molar-refractivity contribution in [3.05, 3.63) is 46.6 Å². The molecule has 96 valence electrons. The molecule has 0 spiro atoms. The zero-order chi connectivity index (χ0) is 13.1. The predicted octanol–water partition coefficient (Wildman–Crippen LogP) is 3.95. The van der Waals surface area contributed by atoms with Gasteiger partial charge in [-0.25, -0.2) is 0 Å². The van der Waals surface area contributed by atoms with Crippen LogP contribution in [0.3, 0.4) is 0 Å². The second-order valence-corrected chi connectivity index (χ2v) is 4.89. The van der Waals surface area contributed by atoms with E-state index in [2.05, 4.69) is 23.4 Å². The SMILES string of the molecule is CCC(Nc1cc(C)n(C)n1)c1cccc(Cl)c1. The summed E-state index contributed by atoms with van der Waals surface area (Å²) in [6, 6.07) is 10.2. The molecule has 1 aromatic carbocycles. The molecule has 2 rings (SSSR count). The van der Waals surface area contributed by atoms with Gasteiger partial charge in [-0.05, 0) is 31.0 Å². The third-order valence-electron chi connectivity index (χ3n) is 3.10. The molecule has 0 saturated carbocycles. The van der Waals surface area contributed by atoms with Crippen molar-refractivity contribution in [1.82, 2.24) is 9.78 Å². The fourth-order valence-electron chi connectivity index (χ4n) is 1.95. The van der Waals surface area contributed by atoms with Crippen LogP contribution in [0.4, 0.5) is 5.82 Å². The Morgan fingerprint density at radius 2 is 2.17 bits per heavy atom. The Morgan fingerprint density at radius 1 is 1.39 bits per heavy atom. The van der Waals surface area contributed by atoms with Crippen LogP contribution in [0.1, 0.15) is 30.6 Å². The van der Waals surface area contributed by atoms with E-state index in [1.807, 2.05) is 42.9 Å². The molecule has 4 heteroatoms. The van der Waals surface area contributed by atoms with Gasteiger partial charge in [-0.1, -0.05) is 30.7 Å². The smallest absolute Gasteiger partial charge is 0.148 e.